The SMILES string of the molecule is Cc1[nH]c2c(-c3ccc(F)cc3OCC3CC3)ccnc2c1C(=O)N[C@H]1CC[C@@H](NC(=O)[C@H](C)O)CC1. The fraction of sp³-hybridized carbons (Fsp3) is 0.464. The minimum Gasteiger partial charge on any atom is -0.493 e. The van der Waals surface area contributed by atoms with Gasteiger partial charge < -0.3 is 25.5 Å². The zero-order valence-electron chi connectivity index (χ0n) is 21.1. The summed E-state index contributed by atoms with van der Waals surface area (Å²) in [4.78, 5) is 33.0. The number of nitrogens with zero attached hydrogens (tertiary/aromatic N) is 1. The lowest BCUT2D eigenvalue weighted by atomic mass is 9.90. The average Bonchev–Trinajstić information content (AvgIpc) is 3.63. The quantitative estimate of drug-likeness (QED) is 0.367. The first-order chi connectivity index (χ1) is 17.8. The van der Waals surface area contributed by atoms with Crippen LogP contribution in [0.5, 0.6) is 5.75 Å². The van der Waals surface area contributed by atoms with Crippen LogP contribution in [0.4, 0.5) is 4.39 Å². The first kappa shape index (κ1) is 25.2. The van der Waals surface area contributed by atoms with Crippen molar-refractivity contribution in [2.45, 2.75) is 70.6 Å². The van der Waals surface area contributed by atoms with E-state index in [0.29, 0.717) is 40.6 Å². The molecule has 0 unspecified atom stereocenters. The van der Waals surface area contributed by atoms with Crippen molar-refractivity contribution in [3.8, 4) is 16.9 Å². The van der Waals surface area contributed by atoms with Crippen molar-refractivity contribution in [2.75, 3.05) is 6.61 Å². The Labute approximate surface area is 215 Å². The molecule has 2 amide bonds. The minimum atomic E-state index is -1.03. The second-order valence-corrected chi connectivity index (χ2v) is 10.3. The molecule has 1 atom stereocenters. The van der Waals surface area contributed by atoms with Gasteiger partial charge in [0, 0.05) is 41.2 Å². The highest BCUT2D eigenvalue weighted by Gasteiger charge is 2.28. The van der Waals surface area contributed by atoms with Crippen LogP contribution in [0.15, 0.2) is 30.5 Å². The Morgan fingerprint density at radius 1 is 1.11 bits per heavy atom. The summed E-state index contributed by atoms with van der Waals surface area (Å²) >= 11 is 0. The van der Waals surface area contributed by atoms with Gasteiger partial charge in [0.2, 0.25) is 5.91 Å². The van der Waals surface area contributed by atoms with Crippen LogP contribution in [0, 0.1) is 18.7 Å². The second kappa shape index (κ2) is 10.5. The highest BCUT2D eigenvalue weighted by atomic mass is 19.1. The van der Waals surface area contributed by atoms with Crippen molar-refractivity contribution in [1.29, 1.82) is 0 Å². The summed E-state index contributed by atoms with van der Waals surface area (Å²) in [5, 5.41) is 15.4. The molecule has 37 heavy (non-hydrogen) atoms. The number of rotatable bonds is 8. The lowest BCUT2D eigenvalue weighted by molar-refractivity contribution is -0.129. The summed E-state index contributed by atoms with van der Waals surface area (Å²) in [6.45, 7) is 3.85. The highest BCUT2D eigenvalue weighted by Crippen LogP contribution is 2.38. The molecule has 2 aromatic heterocycles. The van der Waals surface area contributed by atoms with E-state index >= 15 is 0 Å². The number of aryl methyl sites for hydroxylation is 1. The van der Waals surface area contributed by atoms with Gasteiger partial charge in [0.25, 0.3) is 5.91 Å². The summed E-state index contributed by atoms with van der Waals surface area (Å²) in [5.41, 5.74) is 4.00. The second-order valence-electron chi connectivity index (χ2n) is 10.3. The molecule has 2 aliphatic rings. The van der Waals surface area contributed by atoms with Crippen molar-refractivity contribution in [2.24, 2.45) is 5.92 Å². The van der Waals surface area contributed by atoms with Gasteiger partial charge in [0.1, 0.15) is 23.2 Å². The summed E-state index contributed by atoms with van der Waals surface area (Å²) in [5.74, 6) is 0.0845. The Morgan fingerprint density at radius 3 is 2.49 bits per heavy atom. The molecule has 2 aliphatic carbocycles. The first-order valence-electron chi connectivity index (χ1n) is 13.0. The summed E-state index contributed by atoms with van der Waals surface area (Å²) in [6.07, 6.45) is 5.82. The molecule has 9 heteroatoms. The maximum absolute atomic E-state index is 14.1. The van der Waals surface area contributed by atoms with Gasteiger partial charge in [0.05, 0.1) is 17.7 Å². The monoisotopic (exact) mass is 508 g/mol. The molecule has 0 bridgehead atoms. The van der Waals surface area contributed by atoms with Crippen molar-refractivity contribution in [3.05, 3.63) is 47.5 Å². The topological polar surface area (TPSA) is 116 Å². The minimum absolute atomic E-state index is 0.00124. The number of aliphatic hydroxyl groups is 1. The van der Waals surface area contributed by atoms with Crippen molar-refractivity contribution < 1.29 is 23.8 Å². The molecule has 196 valence electrons. The number of H-pyrrole nitrogens is 1. The maximum atomic E-state index is 14.1. The number of halogens is 1. The van der Waals surface area contributed by atoms with E-state index in [2.05, 4.69) is 20.6 Å². The Kier molecular flexibility index (Phi) is 7.15. The summed E-state index contributed by atoms with van der Waals surface area (Å²) in [6, 6.07) is 6.36. The van der Waals surface area contributed by atoms with Crippen LogP contribution >= 0.6 is 0 Å². The van der Waals surface area contributed by atoms with E-state index in [-0.39, 0.29) is 29.7 Å². The number of ether oxygens (including phenoxy) is 1. The fourth-order valence-corrected chi connectivity index (χ4v) is 5.00. The normalized spacial score (nSPS) is 20.4. The number of hydrogen-bond acceptors (Lipinski definition) is 5. The van der Waals surface area contributed by atoms with E-state index in [9.17, 15) is 19.1 Å². The molecule has 3 aromatic rings. The fourth-order valence-electron chi connectivity index (χ4n) is 5.00. The van der Waals surface area contributed by atoms with Gasteiger partial charge in [-0.15, -0.1) is 0 Å². The van der Waals surface area contributed by atoms with Crippen LogP contribution in [0.1, 0.15) is 61.5 Å². The third-order valence-corrected chi connectivity index (χ3v) is 7.30. The molecule has 8 nitrogen and oxygen atoms in total. The van der Waals surface area contributed by atoms with Crippen LogP contribution in [-0.4, -0.2) is 51.7 Å². The van der Waals surface area contributed by atoms with E-state index in [1.54, 1.807) is 12.3 Å². The van der Waals surface area contributed by atoms with Crippen LogP contribution in [0.2, 0.25) is 0 Å². The van der Waals surface area contributed by atoms with Crippen molar-refractivity contribution >= 4 is 22.8 Å². The van der Waals surface area contributed by atoms with Gasteiger partial charge in [-0.1, -0.05) is 0 Å². The maximum Gasteiger partial charge on any atom is 0.255 e. The number of carbonyl (C=O) groups excluding carboxylic acids is 2. The number of aromatic nitrogens is 2. The first-order valence-corrected chi connectivity index (χ1v) is 13.0. The number of aromatic amines is 1. The van der Waals surface area contributed by atoms with Gasteiger partial charge in [-0.2, -0.15) is 0 Å². The number of amides is 2. The van der Waals surface area contributed by atoms with Crippen LogP contribution < -0.4 is 15.4 Å². The molecule has 0 radical (unpaired) electrons. The van der Waals surface area contributed by atoms with Crippen molar-refractivity contribution in [3.63, 3.8) is 0 Å². The van der Waals surface area contributed by atoms with Gasteiger partial charge in [0.15, 0.2) is 0 Å². The smallest absolute Gasteiger partial charge is 0.255 e. The largest absolute Gasteiger partial charge is 0.493 e. The number of nitrogens with one attached hydrogen (secondary N) is 3. The molecular weight excluding hydrogens is 475 g/mol. The zero-order chi connectivity index (χ0) is 26.1. The Hall–Kier alpha value is -3.46. The molecule has 4 N–H and O–H groups in total. The Bertz CT molecular complexity index is 1310. The third-order valence-electron chi connectivity index (χ3n) is 7.30. The zero-order valence-corrected chi connectivity index (χ0v) is 21.1. The number of fused-ring (bicyclic) bond motifs is 1. The predicted molar refractivity (Wildman–Crippen MR) is 138 cm³/mol. The molecule has 0 saturated heterocycles. The predicted octanol–water partition coefficient (Wildman–Crippen LogP) is 4.00. The molecule has 2 heterocycles. The average molecular weight is 509 g/mol. The highest BCUT2D eigenvalue weighted by molar-refractivity contribution is 6.09. The van der Waals surface area contributed by atoms with Crippen LogP contribution in [0.25, 0.3) is 22.2 Å². The molecule has 5 rings (SSSR count). The van der Waals surface area contributed by atoms with Crippen LogP contribution in [0.3, 0.4) is 0 Å². The molecule has 2 fully saturated rings. The van der Waals surface area contributed by atoms with E-state index in [0.717, 1.165) is 49.7 Å². The molecule has 0 aliphatic heterocycles. The van der Waals surface area contributed by atoms with Gasteiger partial charge in [-0.25, -0.2) is 4.39 Å². The van der Waals surface area contributed by atoms with E-state index in [4.69, 9.17) is 4.74 Å². The van der Waals surface area contributed by atoms with E-state index < -0.39 is 6.10 Å². The molecule has 0 spiro atoms. The van der Waals surface area contributed by atoms with Gasteiger partial charge in [-0.05, 0) is 76.5 Å². The lowest BCUT2D eigenvalue weighted by Crippen LogP contribution is -2.46. The summed E-state index contributed by atoms with van der Waals surface area (Å²) < 4.78 is 20.0. The van der Waals surface area contributed by atoms with E-state index in [1.165, 1.54) is 19.1 Å². The third kappa shape index (κ3) is 5.61. The number of carbonyl (C=O) groups is 2. The van der Waals surface area contributed by atoms with Crippen molar-refractivity contribution in [1.82, 2.24) is 20.6 Å². The number of aliphatic hydroxyl groups excluding tert-OH is 1. The molecule has 2 saturated carbocycles. The Balaban J connectivity index is 1.34. The molecule has 1 aromatic carbocycles. The number of pyridine rings is 1. The van der Waals surface area contributed by atoms with Gasteiger partial charge >= 0.3 is 0 Å². The lowest BCUT2D eigenvalue weighted by Gasteiger charge is -2.30. The number of benzene rings is 1. The van der Waals surface area contributed by atoms with Crippen LogP contribution in [-0.2, 0) is 4.79 Å². The van der Waals surface area contributed by atoms with E-state index in [1.807, 2.05) is 13.0 Å². The standard InChI is InChI=1S/C28H33FN4O4/c1-15-24(28(36)33-20-8-6-19(7-9-20)32-27(35)16(2)34)26-25(31-15)22(11-12-30-26)21-10-5-18(29)13-23(21)37-14-17-3-4-17/h5,10-13,16-17,19-20,31,34H,3-4,6-9,14H2,1-2H3,(H,32,35)(H,33,36)/t16-,19-,20+/m0/s1. The molecular formula is C28H33FN4O4. The number of hydrogen-bond donors (Lipinski definition) is 4. The van der Waals surface area contributed by atoms with Gasteiger partial charge in [-0.3, -0.25) is 14.6 Å². The Morgan fingerprint density at radius 2 is 1.81 bits per heavy atom. The summed E-state index contributed by atoms with van der Waals surface area (Å²) in [7, 11) is 0.